The van der Waals surface area contributed by atoms with Crippen molar-refractivity contribution in [2.24, 2.45) is 5.73 Å². The Morgan fingerprint density at radius 1 is 0.957 bits per heavy atom. The number of rotatable bonds is 3. The van der Waals surface area contributed by atoms with Crippen molar-refractivity contribution in [1.29, 1.82) is 0 Å². The maximum atomic E-state index is 12.8. The molecule has 2 N–H and O–H groups in total. The highest BCUT2D eigenvalue weighted by molar-refractivity contribution is 6.01. The third kappa shape index (κ3) is 3.24. The Hall–Kier alpha value is -2.66. The molecule has 118 valence electrons. The first-order chi connectivity index (χ1) is 11.2. The summed E-state index contributed by atoms with van der Waals surface area (Å²) in [6.45, 7) is 2.35. The van der Waals surface area contributed by atoms with Gasteiger partial charge in [0.2, 0.25) is 5.91 Å². The lowest BCUT2D eigenvalue weighted by molar-refractivity contribution is 0.0303. The van der Waals surface area contributed by atoms with Crippen molar-refractivity contribution in [3.05, 3.63) is 59.7 Å². The Morgan fingerprint density at radius 3 is 2.26 bits per heavy atom. The first kappa shape index (κ1) is 15.2. The Kier molecular flexibility index (Phi) is 4.39. The largest absolute Gasteiger partial charge is 0.378 e. The normalized spacial score (nSPS) is 14.5. The van der Waals surface area contributed by atoms with Gasteiger partial charge in [0.25, 0.3) is 5.91 Å². The van der Waals surface area contributed by atoms with E-state index in [4.69, 9.17) is 10.5 Å². The van der Waals surface area contributed by atoms with Crippen molar-refractivity contribution >= 4 is 11.8 Å². The maximum absolute atomic E-state index is 12.8. The fraction of sp³-hybridized carbons (Fsp3) is 0.222. The zero-order chi connectivity index (χ0) is 16.2. The second kappa shape index (κ2) is 6.62. The predicted octanol–water partition coefficient (Wildman–Crippen LogP) is 1.92. The summed E-state index contributed by atoms with van der Waals surface area (Å²) in [5.74, 6) is -0.461. The molecule has 0 unspecified atom stereocenters. The number of carbonyl (C=O) groups is 2. The van der Waals surface area contributed by atoms with Gasteiger partial charge in [-0.15, -0.1) is 0 Å². The lowest BCUT2D eigenvalue weighted by atomic mass is 9.97. The first-order valence-corrected chi connectivity index (χ1v) is 7.53. The van der Waals surface area contributed by atoms with Crippen LogP contribution in [0.25, 0.3) is 11.1 Å². The van der Waals surface area contributed by atoms with Crippen LogP contribution in [-0.4, -0.2) is 43.0 Å². The van der Waals surface area contributed by atoms with Crippen LogP contribution in [0.4, 0.5) is 0 Å². The molecule has 1 saturated heterocycles. The highest BCUT2D eigenvalue weighted by Crippen LogP contribution is 2.25. The average molecular weight is 310 g/mol. The molecule has 0 aromatic heterocycles. The second-order valence-electron chi connectivity index (χ2n) is 5.39. The number of morpholine rings is 1. The summed E-state index contributed by atoms with van der Waals surface area (Å²) < 4.78 is 5.30. The Bertz CT molecular complexity index is 719. The number of nitrogens with zero attached hydrogens (tertiary/aromatic N) is 1. The van der Waals surface area contributed by atoms with Crippen molar-refractivity contribution < 1.29 is 14.3 Å². The number of primary amides is 1. The summed E-state index contributed by atoms with van der Waals surface area (Å²) in [6, 6.07) is 14.5. The summed E-state index contributed by atoms with van der Waals surface area (Å²) in [5.41, 5.74) is 8.10. The van der Waals surface area contributed by atoms with Gasteiger partial charge in [-0.25, -0.2) is 0 Å². The molecule has 0 saturated carbocycles. The van der Waals surface area contributed by atoms with Crippen molar-refractivity contribution in [2.45, 2.75) is 0 Å². The summed E-state index contributed by atoms with van der Waals surface area (Å²) in [4.78, 5) is 25.8. The van der Waals surface area contributed by atoms with E-state index in [2.05, 4.69) is 0 Å². The molecule has 23 heavy (non-hydrogen) atoms. The smallest absolute Gasteiger partial charge is 0.254 e. The van der Waals surface area contributed by atoms with E-state index in [0.29, 0.717) is 37.4 Å². The van der Waals surface area contributed by atoms with Crippen LogP contribution >= 0.6 is 0 Å². The number of hydrogen-bond donors (Lipinski definition) is 1. The fourth-order valence-electron chi connectivity index (χ4n) is 2.67. The SMILES string of the molecule is NC(=O)c1ccc(-c2ccccc2C(=O)N2CCOCC2)cc1. The van der Waals surface area contributed by atoms with Gasteiger partial charge in [0, 0.05) is 24.2 Å². The molecule has 0 spiro atoms. The van der Waals surface area contributed by atoms with Crippen LogP contribution in [0.5, 0.6) is 0 Å². The van der Waals surface area contributed by atoms with E-state index in [9.17, 15) is 9.59 Å². The predicted molar refractivity (Wildman–Crippen MR) is 87.1 cm³/mol. The van der Waals surface area contributed by atoms with E-state index < -0.39 is 5.91 Å². The summed E-state index contributed by atoms with van der Waals surface area (Å²) in [6.07, 6.45) is 0. The first-order valence-electron chi connectivity index (χ1n) is 7.53. The van der Waals surface area contributed by atoms with Crippen molar-refractivity contribution in [3.8, 4) is 11.1 Å². The van der Waals surface area contributed by atoms with Gasteiger partial charge in [0.1, 0.15) is 0 Å². The Labute approximate surface area is 134 Å². The minimum absolute atomic E-state index is 0.00266. The fourth-order valence-corrected chi connectivity index (χ4v) is 2.67. The molecule has 1 fully saturated rings. The number of ether oxygens (including phenoxy) is 1. The summed E-state index contributed by atoms with van der Waals surface area (Å²) in [5, 5.41) is 0. The van der Waals surface area contributed by atoms with Gasteiger partial charge >= 0.3 is 0 Å². The third-order valence-electron chi connectivity index (χ3n) is 3.94. The topological polar surface area (TPSA) is 72.6 Å². The highest BCUT2D eigenvalue weighted by Gasteiger charge is 2.21. The van der Waals surface area contributed by atoms with Gasteiger partial charge in [-0.1, -0.05) is 30.3 Å². The molecule has 2 aromatic rings. The lowest BCUT2D eigenvalue weighted by Gasteiger charge is -2.27. The number of amides is 2. The van der Waals surface area contributed by atoms with Crippen molar-refractivity contribution in [3.63, 3.8) is 0 Å². The number of benzene rings is 2. The molecule has 2 amide bonds. The standard InChI is InChI=1S/C18H18N2O3/c19-17(21)14-7-5-13(6-8-14)15-3-1-2-4-16(15)18(22)20-9-11-23-12-10-20/h1-8H,9-12H2,(H2,19,21). The monoisotopic (exact) mass is 310 g/mol. The maximum Gasteiger partial charge on any atom is 0.254 e. The molecule has 0 aliphatic carbocycles. The molecule has 1 aliphatic heterocycles. The van der Waals surface area contributed by atoms with Crippen LogP contribution in [0.2, 0.25) is 0 Å². The molecular formula is C18H18N2O3. The molecule has 0 atom stereocenters. The van der Waals surface area contributed by atoms with Crippen LogP contribution in [0.15, 0.2) is 48.5 Å². The van der Waals surface area contributed by atoms with Crippen LogP contribution in [-0.2, 0) is 4.74 Å². The molecule has 5 heteroatoms. The van der Waals surface area contributed by atoms with E-state index in [1.165, 1.54) is 0 Å². The summed E-state index contributed by atoms with van der Waals surface area (Å²) >= 11 is 0. The van der Waals surface area contributed by atoms with Gasteiger partial charge in [0.15, 0.2) is 0 Å². The van der Waals surface area contributed by atoms with E-state index in [-0.39, 0.29) is 5.91 Å². The highest BCUT2D eigenvalue weighted by atomic mass is 16.5. The second-order valence-corrected chi connectivity index (χ2v) is 5.39. The molecule has 1 heterocycles. The molecule has 5 nitrogen and oxygen atoms in total. The molecular weight excluding hydrogens is 292 g/mol. The zero-order valence-electron chi connectivity index (χ0n) is 12.7. The summed E-state index contributed by atoms with van der Waals surface area (Å²) in [7, 11) is 0. The van der Waals surface area contributed by atoms with Gasteiger partial charge < -0.3 is 15.4 Å². The van der Waals surface area contributed by atoms with Gasteiger partial charge in [-0.2, -0.15) is 0 Å². The zero-order valence-corrected chi connectivity index (χ0v) is 12.7. The molecule has 0 radical (unpaired) electrons. The molecule has 3 rings (SSSR count). The van der Waals surface area contributed by atoms with Gasteiger partial charge in [-0.05, 0) is 29.3 Å². The quantitative estimate of drug-likeness (QED) is 0.941. The van der Waals surface area contributed by atoms with E-state index in [1.54, 1.807) is 17.0 Å². The molecule has 0 bridgehead atoms. The van der Waals surface area contributed by atoms with Gasteiger partial charge in [-0.3, -0.25) is 9.59 Å². The molecule has 1 aliphatic rings. The number of nitrogens with two attached hydrogens (primary N) is 1. The van der Waals surface area contributed by atoms with E-state index >= 15 is 0 Å². The van der Waals surface area contributed by atoms with E-state index in [1.807, 2.05) is 36.4 Å². The average Bonchev–Trinajstić information content (AvgIpc) is 2.62. The van der Waals surface area contributed by atoms with E-state index in [0.717, 1.165) is 11.1 Å². The van der Waals surface area contributed by atoms with Crippen LogP contribution in [0.1, 0.15) is 20.7 Å². The Balaban J connectivity index is 1.93. The number of hydrogen-bond acceptors (Lipinski definition) is 3. The lowest BCUT2D eigenvalue weighted by Crippen LogP contribution is -2.40. The van der Waals surface area contributed by atoms with Gasteiger partial charge in [0.05, 0.1) is 13.2 Å². The third-order valence-corrected chi connectivity index (χ3v) is 3.94. The van der Waals surface area contributed by atoms with Crippen LogP contribution < -0.4 is 5.73 Å². The van der Waals surface area contributed by atoms with Crippen LogP contribution in [0.3, 0.4) is 0 Å². The van der Waals surface area contributed by atoms with Crippen LogP contribution in [0, 0.1) is 0 Å². The molecule has 2 aromatic carbocycles. The Morgan fingerprint density at radius 2 is 1.61 bits per heavy atom. The minimum atomic E-state index is -0.464. The van der Waals surface area contributed by atoms with Crippen molar-refractivity contribution in [1.82, 2.24) is 4.90 Å². The minimum Gasteiger partial charge on any atom is -0.378 e. The van der Waals surface area contributed by atoms with Crippen molar-refractivity contribution in [2.75, 3.05) is 26.3 Å². The number of carbonyl (C=O) groups excluding carboxylic acids is 2.